The summed E-state index contributed by atoms with van der Waals surface area (Å²) in [6, 6.07) is 9.60. The zero-order chi connectivity index (χ0) is 22.0. The predicted octanol–water partition coefficient (Wildman–Crippen LogP) is 5.14. The number of hydrogen-bond donors (Lipinski definition) is 1. The van der Waals surface area contributed by atoms with Gasteiger partial charge in [-0.05, 0) is 36.6 Å². The molecule has 0 aliphatic heterocycles. The Bertz CT molecular complexity index is 1080. The third-order valence-electron chi connectivity index (χ3n) is 4.64. The number of pyridine rings is 1. The molecule has 10 heteroatoms. The molecule has 1 aromatic carbocycles. The van der Waals surface area contributed by atoms with Crippen LogP contribution in [-0.4, -0.2) is 28.8 Å². The van der Waals surface area contributed by atoms with Gasteiger partial charge in [0, 0.05) is 22.6 Å². The maximum atomic E-state index is 12.6. The molecule has 6 nitrogen and oxygen atoms in total. The summed E-state index contributed by atoms with van der Waals surface area (Å²) >= 11 is 5.90. The molecule has 0 atom stereocenters. The quantitative estimate of drug-likeness (QED) is 0.538. The molecular formula is C21H17ClF3N3O3. The topological polar surface area (TPSA) is 77.2 Å². The lowest BCUT2D eigenvalue weighted by Crippen LogP contribution is -2.24. The standard InChI is InChI=1S/C21H17ClF3N3O3/c22-14-5-3-12(4-6-14)16-8-18(26-10-19(16)30-11-21(23,24)25)20(29)27-9-15-7-17(28-31-15)13-1-2-13/h3-8,10,13H,1-2,9,11H2,(H,27,29). The van der Waals surface area contributed by atoms with Crippen LogP contribution in [-0.2, 0) is 6.54 Å². The van der Waals surface area contributed by atoms with Gasteiger partial charge in [0.25, 0.3) is 5.91 Å². The molecule has 3 aromatic rings. The summed E-state index contributed by atoms with van der Waals surface area (Å²) in [5.74, 6) is 0.335. The highest BCUT2D eigenvalue weighted by Gasteiger charge is 2.29. The maximum absolute atomic E-state index is 12.6. The lowest BCUT2D eigenvalue weighted by molar-refractivity contribution is -0.153. The van der Waals surface area contributed by atoms with Gasteiger partial charge in [-0.25, -0.2) is 4.98 Å². The number of hydrogen-bond acceptors (Lipinski definition) is 5. The number of nitrogens with zero attached hydrogens (tertiary/aromatic N) is 2. The van der Waals surface area contributed by atoms with Gasteiger partial charge in [0.15, 0.2) is 12.4 Å². The van der Waals surface area contributed by atoms with E-state index in [-0.39, 0.29) is 23.6 Å². The number of halogens is 4. The number of alkyl halides is 3. The van der Waals surface area contributed by atoms with Crippen LogP contribution in [0.4, 0.5) is 13.2 Å². The highest BCUT2D eigenvalue weighted by atomic mass is 35.5. The number of carbonyl (C=O) groups is 1. The largest absolute Gasteiger partial charge is 0.482 e. The van der Waals surface area contributed by atoms with Gasteiger partial charge in [0.1, 0.15) is 11.4 Å². The fraction of sp³-hybridized carbons (Fsp3) is 0.286. The minimum atomic E-state index is -4.51. The predicted molar refractivity (Wildman–Crippen MR) is 106 cm³/mol. The summed E-state index contributed by atoms with van der Waals surface area (Å²) in [7, 11) is 0. The molecule has 1 fully saturated rings. The van der Waals surface area contributed by atoms with Gasteiger partial charge in [-0.1, -0.05) is 28.9 Å². The van der Waals surface area contributed by atoms with Crippen LogP contribution in [0.25, 0.3) is 11.1 Å². The summed E-state index contributed by atoms with van der Waals surface area (Å²) in [5, 5.41) is 7.12. The summed E-state index contributed by atoms with van der Waals surface area (Å²) < 4.78 is 48.0. The van der Waals surface area contributed by atoms with E-state index >= 15 is 0 Å². The van der Waals surface area contributed by atoms with E-state index in [0.717, 1.165) is 24.7 Å². The second-order valence-electron chi connectivity index (χ2n) is 7.15. The van der Waals surface area contributed by atoms with E-state index < -0.39 is 18.7 Å². The molecule has 31 heavy (non-hydrogen) atoms. The van der Waals surface area contributed by atoms with Crippen LogP contribution in [0.1, 0.15) is 40.7 Å². The van der Waals surface area contributed by atoms with Crippen molar-refractivity contribution in [3.63, 3.8) is 0 Å². The number of rotatable bonds is 7. The van der Waals surface area contributed by atoms with E-state index in [4.69, 9.17) is 20.9 Å². The first-order valence-corrected chi connectivity index (χ1v) is 9.85. The third-order valence-corrected chi connectivity index (χ3v) is 4.89. The monoisotopic (exact) mass is 451 g/mol. The summed E-state index contributed by atoms with van der Waals surface area (Å²) in [6.07, 6.45) is -1.25. The van der Waals surface area contributed by atoms with Gasteiger partial charge in [0.2, 0.25) is 0 Å². The SMILES string of the molecule is O=C(NCc1cc(C2CC2)no1)c1cc(-c2ccc(Cl)cc2)c(OCC(F)(F)F)cn1. The molecule has 1 aliphatic carbocycles. The molecule has 0 radical (unpaired) electrons. The Kier molecular flexibility index (Phi) is 5.86. The van der Waals surface area contributed by atoms with Gasteiger partial charge in [-0.3, -0.25) is 4.79 Å². The van der Waals surface area contributed by atoms with Gasteiger partial charge in [-0.2, -0.15) is 13.2 Å². The minimum absolute atomic E-state index is 0.0197. The van der Waals surface area contributed by atoms with E-state index in [2.05, 4.69) is 15.5 Å². The third kappa shape index (κ3) is 5.55. The molecule has 2 aromatic heterocycles. The van der Waals surface area contributed by atoms with Gasteiger partial charge in [-0.15, -0.1) is 0 Å². The average molecular weight is 452 g/mol. The van der Waals surface area contributed by atoms with Crippen molar-refractivity contribution < 1.29 is 27.2 Å². The molecule has 1 aliphatic rings. The first kappa shape index (κ1) is 21.2. The van der Waals surface area contributed by atoms with Crippen molar-refractivity contribution >= 4 is 17.5 Å². The van der Waals surface area contributed by atoms with Gasteiger partial charge in [0.05, 0.1) is 18.4 Å². The highest BCUT2D eigenvalue weighted by molar-refractivity contribution is 6.30. The smallest absolute Gasteiger partial charge is 0.422 e. The number of carbonyl (C=O) groups excluding carboxylic acids is 1. The zero-order valence-corrected chi connectivity index (χ0v) is 16.8. The van der Waals surface area contributed by atoms with E-state index in [0.29, 0.717) is 22.3 Å². The van der Waals surface area contributed by atoms with Crippen molar-refractivity contribution in [2.24, 2.45) is 0 Å². The average Bonchev–Trinajstić information content (AvgIpc) is 3.48. The van der Waals surface area contributed by atoms with Crippen molar-refractivity contribution in [3.8, 4) is 16.9 Å². The van der Waals surface area contributed by atoms with Crippen molar-refractivity contribution in [2.45, 2.75) is 31.5 Å². The second-order valence-corrected chi connectivity index (χ2v) is 7.59. The molecule has 162 valence electrons. The lowest BCUT2D eigenvalue weighted by Gasteiger charge is -2.14. The Morgan fingerprint density at radius 2 is 1.97 bits per heavy atom. The molecule has 0 saturated heterocycles. The number of benzene rings is 1. The molecule has 2 heterocycles. The molecular weight excluding hydrogens is 435 g/mol. The van der Waals surface area contributed by atoms with Crippen LogP contribution in [0.5, 0.6) is 5.75 Å². The number of nitrogens with one attached hydrogen (secondary N) is 1. The Balaban J connectivity index is 1.52. The van der Waals surface area contributed by atoms with Crippen LogP contribution >= 0.6 is 11.6 Å². The van der Waals surface area contributed by atoms with Gasteiger partial charge < -0.3 is 14.6 Å². The van der Waals surface area contributed by atoms with Crippen molar-refractivity contribution in [3.05, 3.63) is 64.8 Å². The van der Waals surface area contributed by atoms with Crippen LogP contribution < -0.4 is 10.1 Å². The van der Waals surface area contributed by atoms with E-state index in [9.17, 15) is 18.0 Å². The van der Waals surface area contributed by atoms with Crippen molar-refractivity contribution in [2.75, 3.05) is 6.61 Å². The Morgan fingerprint density at radius 3 is 2.65 bits per heavy atom. The van der Waals surface area contributed by atoms with Crippen LogP contribution in [0.2, 0.25) is 5.02 Å². The normalized spacial score (nSPS) is 13.8. The number of ether oxygens (including phenoxy) is 1. The Labute approximate surface area is 180 Å². The first-order valence-electron chi connectivity index (χ1n) is 9.48. The molecule has 0 spiro atoms. The highest BCUT2D eigenvalue weighted by Crippen LogP contribution is 2.39. The fourth-order valence-electron chi connectivity index (χ4n) is 2.94. The molecule has 4 rings (SSSR count). The van der Waals surface area contributed by atoms with E-state index in [1.807, 2.05) is 0 Å². The molecule has 1 amide bonds. The summed E-state index contributed by atoms with van der Waals surface area (Å²) in [6.45, 7) is -1.36. The first-order chi connectivity index (χ1) is 14.8. The zero-order valence-electron chi connectivity index (χ0n) is 16.1. The van der Waals surface area contributed by atoms with Crippen molar-refractivity contribution in [1.82, 2.24) is 15.5 Å². The van der Waals surface area contributed by atoms with Crippen LogP contribution in [0, 0.1) is 0 Å². The Morgan fingerprint density at radius 1 is 1.23 bits per heavy atom. The van der Waals surface area contributed by atoms with Gasteiger partial charge >= 0.3 is 6.18 Å². The summed E-state index contributed by atoms with van der Waals surface area (Å²) in [5.41, 5.74) is 1.71. The van der Waals surface area contributed by atoms with Crippen molar-refractivity contribution in [1.29, 1.82) is 0 Å². The lowest BCUT2D eigenvalue weighted by atomic mass is 10.0. The fourth-order valence-corrected chi connectivity index (χ4v) is 3.06. The molecule has 0 unspecified atom stereocenters. The molecule has 1 saturated carbocycles. The molecule has 0 bridgehead atoms. The number of amides is 1. The second kappa shape index (κ2) is 8.58. The number of aromatic nitrogens is 2. The summed E-state index contributed by atoms with van der Waals surface area (Å²) in [4.78, 5) is 16.5. The van der Waals surface area contributed by atoms with E-state index in [1.165, 1.54) is 6.07 Å². The maximum Gasteiger partial charge on any atom is 0.422 e. The minimum Gasteiger partial charge on any atom is -0.482 e. The van der Waals surface area contributed by atoms with Crippen LogP contribution in [0.15, 0.2) is 47.1 Å². The molecule has 1 N–H and O–H groups in total. The Hall–Kier alpha value is -3.07. The van der Waals surface area contributed by atoms with Crippen LogP contribution in [0.3, 0.4) is 0 Å². The van der Waals surface area contributed by atoms with E-state index in [1.54, 1.807) is 30.3 Å².